The van der Waals surface area contributed by atoms with Gasteiger partial charge in [0, 0.05) is 12.1 Å². The molecule has 0 radical (unpaired) electrons. The molecule has 0 saturated heterocycles. The molecule has 0 N–H and O–H groups in total. The molecule has 128 valence electrons. The number of hydrogen-bond acceptors (Lipinski definition) is 6. The van der Waals surface area contributed by atoms with E-state index < -0.39 is 32.3 Å². The van der Waals surface area contributed by atoms with E-state index in [4.69, 9.17) is 8.92 Å². The van der Waals surface area contributed by atoms with Crippen molar-refractivity contribution < 1.29 is 26.7 Å². The molecule has 2 rings (SSSR count). The van der Waals surface area contributed by atoms with Crippen molar-refractivity contribution in [1.82, 2.24) is 0 Å². The van der Waals surface area contributed by atoms with Gasteiger partial charge in [0.1, 0.15) is 16.5 Å². The Bertz CT molecular complexity index is 910. The lowest BCUT2D eigenvalue weighted by molar-refractivity contribution is -0.385. The largest absolute Gasteiger partial charge is 0.496 e. The molecule has 2 aromatic carbocycles. The van der Waals surface area contributed by atoms with E-state index in [9.17, 15) is 22.9 Å². The van der Waals surface area contributed by atoms with Crippen LogP contribution in [0.3, 0.4) is 0 Å². The summed E-state index contributed by atoms with van der Waals surface area (Å²) in [5, 5.41) is 11.0. The number of hydrogen-bond donors (Lipinski definition) is 0. The third-order valence-electron chi connectivity index (χ3n) is 3.50. The molecule has 0 fully saturated rings. The van der Waals surface area contributed by atoms with Crippen LogP contribution in [0, 0.1) is 29.8 Å². The van der Waals surface area contributed by atoms with Crippen molar-refractivity contribution in [3.05, 3.63) is 57.4 Å². The molecular formula is C15H14FNO6S. The zero-order chi connectivity index (χ0) is 18.1. The van der Waals surface area contributed by atoms with Crippen LogP contribution in [-0.2, 0) is 10.1 Å². The Hall–Kier alpha value is -2.68. The second-order valence-corrected chi connectivity index (χ2v) is 6.44. The minimum atomic E-state index is -4.39. The van der Waals surface area contributed by atoms with E-state index in [0.717, 1.165) is 12.1 Å². The van der Waals surface area contributed by atoms with Gasteiger partial charge in [-0.25, -0.2) is 4.39 Å². The van der Waals surface area contributed by atoms with Crippen molar-refractivity contribution in [2.75, 3.05) is 7.11 Å². The van der Waals surface area contributed by atoms with E-state index in [1.54, 1.807) is 13.8 Å². The van der Waals surface area contributed by atoms with E-state index in [-0.39, 0.29) is 4.90 Å². The monoisotopic (exact) mass is 355 g/mol. The summed E-state index contributed by atoms with van der Waals surface area (Å²) in [4.78, 5) is 9.92. The lowest BCUT2D eigenvalue weighted by Crippen LogP contribution is -2.13. The summed E-state index contributed by atoms with van der Waals surface area (Å²) in [6.45, 7) is 3.21. The van der Waals surface area contributed by atoms with Gasteiger partial charge in [0.15, 0.2) is 0 Å². The van der Waals surface area contributed by atoms with E-state index >= 15 is 0 Å². The van der Waals surface area contributed by atoms with E-state index in [0.29, 0.717) is 22.9 Å². The van der Waals surface area contributed by atoms with Gasteiger partial charge in [0.25, 0.3) is 0 Å². The number of rotatable bonds is 5. The van der Waals surface area contributed by atoms with Gasteiger partial charge in [0.05, 0.1) is 12.0 Å². The maximum atomic E-state index is 13.3. The second kappa shape index (κ2) is 6.44. The number of nitrogens with zero attached hydrogens (tertiary/aromatic N) is 1. The normalized spacial score (nSPS) is 11.2. The fourth-order valence-corrected chi connectivity index (χ4v) is 3.35. The molecule has 0 aliphatic heterocycles. The third kappa shape index (κ3) is 3.30. The van der Waals surface area contributed by atoms with Crippen LogP contribution in [0.1, 0.15) is 11.1 Å². The molecule has 0 bridgehead atoms. The van der Waals surface area contributed by atoms with Crippen LogP contribution in [0.5, 0.6) is 11.5 Å². The van der Waals surface area contributed by atoms with Crippen LogP contribution in [0.2, 0.25) is 0 Å². The van der Waals surface area contributed by atoms with Crippen LogP contribution in [0.15, 0.2) is 35.2 Å². The van der Waals surface area contributed by atoms with Crippen LogP contribution < -0.4 is 8.92 Å². The van der Waals surface area contributed by atoms with Crippen LogP contribution >= 0.6 is 0 Å². The first kappa shape index (κ1) is 17.7. The minimum Gasteiger partial charge on any atom is -0.496 e. The summed E-state index contributed by atoms with van der Waals surface area (Å²) in [6, 6.07) is 5.05. The molecule has 0 spiro atoms. The standard InChI is InChI=1S/C15H14FNO6S/c1-9-10(2)15(7-6-13(9)22-3)24(20,21)23-14-8-11(16)4-5-12(14)17(18)19/h4-8H,1-3H3. The van der Waals surface area contributed by atoms with Crippen molar-refractivity contribution in [2.24, 2.45) is 0 Å². The summed E-state index contributed by atoms with van der Waals surface area (Å²) in [5.41, 5.74) is 0.298. The maximum Gasteiger partial charge on any atom is 0.339 e. The fourth-order valence-electron chi connectivity index (χ4n) is 2.13. The summed E-state index contributed by atoms with van der Waals surface area (Å²) >= 11 is 0. The highest BCUT2D eigenvalue weighted by Gasteiger charge is 2.26. The molecule has 7 nitrogen and oxygen atoms in total. The van der Waals surface area contributed by atoms with Crippen molar-refractivity contribution in [3.63, 3.8) is 0 Å². The molecule has 0 unspecified atom stereocenters. The molecule has 2 aromatic rings. The number of ether oxygens (including phenoxy) is 1. The molecule has 0 aliphatic carbocycles. The Morgan fingerprint density at radius 2 is 1.75 bits per heavy atom. The first-order valence-electron chi connectivity index (χ1n) is 6.70. The summed E-state index contributed by atoms with van der Waals surface area (Å²) in [5.74, 6) is -1.05. The number of benzene rings is 2. The van der Waals surface area contributed by atoms with E-state index in [2.05, 4.69) is 0 Å². The van der Waals surface area contributed by atoms with Crippen molar-refractivity contribution in [1.29, 1.82) is 0 Å². The van der Waals surface area contributed by atoms with Crippen LogP contribution in [0.4, 0.5) is 10.1 Å². The molecule has 0 heterocycles. The molecule has 0 aliphatic rings. The maximum absolute atomic E-state index is 13.3. The van der Waals surface area contributed by atoms with Gasteiger partial charge in [0.2, 0.25) is 5.75 Å². The van der Waals surface area contributed by atoms with Crippen molar-refractivity contribution in [3.8, 4) is 11.5 Å². The summed E-state index contributed by atoms with van der Waals surface area (Å²) < 4.78 is 48.1. The van der Waals surface area contributed by atoms with Crippen LogP contribution in [0.25, 0.3) is 0 Å². The van der Waals surface area contributed by atoms with Crippen LogP contribution in [-0.4, -0.2) is 20.5 Å². The van der Waals surface area contributed by atoms with E-state index in [1.165, 1.54) is 19.2 Å². The highest BCUT2D eigenvalue weighted by molar-refractivity contribution is 7.87. The quantitative estimate of drug-likeness (QED) is 0.464. The average Bonchev–Trinajstić information content (AvgIpc) is 2.49. The molecule has 0 atom stereocenters. The zero-order valence-corrected chi connectivity index (χ0v) is 13.9. The predicted octanol–water partition coefficient (Wildman–Crippen LogP) is 3.13. The Morgan fingerprint density at radius 1 is 1.08 bits per heavy atom. The van der Waals surface area contributed by atoms with Gasteiger partial charge in [-0.3, -0.25) is 10.1 Å². The first-order chi connectivity index (χ1) is 11.2. The van der Waals surface area contributed by atoms with Gasteiger partial charge in [-0.15, -0.1) is 0 Å². The van der Waals surface area contributed by atoms with Gasteiger partial charge in [-0.05, 0) is 43.2 Å². The second-order valence-electron chi connectivity index (χ2n) is 4.92. The van der Waals surface area contributed by atoms with Gasteiger partial charge >= 0.3 is 15.8 Å². The van der Waals surface area contributed by atoms with Gasteiger partial charge < -0.3 is 8.92 Å². The Balaban J connectivity index is 2.53. The molecule has 24 heavy (non-hydrogen) atoms. The molecule has 9 heteroatoms. The summed E-state index contributed by atoms with van der Waals surface area (Å²) in [7, 11) is -2.94. The molecule has 0 aromatic heterocycles. The van der Waals surface area contributed by atoms with Crippen molar-refractivity contribution >= 4 is 15.8 Å². The fraction of sp³-hybridized carbons (Fsp3) is 0.200. The molecular weight excluding hydrogens is 341 g/mol. The lowest BCUT2D eigenvalue weighted by atomic mass is 10.1. The van der Waals surface area contributed by atoms with E-state index in [1.807, 2.05) is 0 Å². The highest BCUT2D eigenvalue weighted by Crippen LogP contribution is 2.33. The molecule has 0 amide bonds. The lowest BCUT2D eigenvalue weighted by Gasteiger charge is -2.13. The Morgan fingerprint density at radius 3 is 2.33 bits per heavy atom. The first-order valence-corrected chi connectivity index (χ1v) is 8.11. The molecule has 0 saturated carbocycles. The third-order valence-corrected chi connectivity index (χ3v) is 4.87. The number of methoxy groups -OCH3 is 1. The Labute approximate surface area is 137 Å². The average molecular weight is 355 g/mol. The smallest absolute Gasteiger partial charge is 0.339 e. The van der Waals surface area contributed by atoms with Gasteiger partial charge in [-0.1, -0.05) is 0 Å². The zero-order valence-electron chi connectivity index (χ0n) is 13.1. The minimum absolute atomic E-state index is 0.181. The SMILES string of the molecule is COc1ccc(S(=O)(=O)Oc2cc(F)ccc2[N+](=O)[O-])c(C)c1C. The number of halogens is 1. The predicted molar refractivity (Wildman–Crippen MR) is 83.3 cm³/mol. The van der Waals surface area contributed by atoms with Crippen molar-refractivity contribution in [2.45, 2.75) is 18.7 Å². The van der Waals surface area contributed by atoms with Gasteiger partial charge in [-0.2, -0.15) is 8.42 Å². The topological polar surface area (TPSA) is 95.7 Å². The number of nitro benzene ring substituents is 1. The summed E-state index contributed by atoms with van der Waals surface area (Å²) in [6.07, 6.45) is 0. The highest BCUT2D eigenvalue weighted by atomic mass is 32.2. The number of nitro groups is 1. The Kier molecular flexibility index (Phi) is 4.74.